The molecule has 2 aliphatic heterocycles. The average molecular weight is 885 g/mol. The fourth-order valence-electron chi connectivity index (χ4n) is 6.85. The lowest BCUT2D eigenvalue weighted by atomic mass is 9.73. The van der Waals surface area contributed by atoms with E-state index in [0.29, 0.717) is 25.7 Å². The standard InChI is InChI=1S/C45H81O11PSi2/c1-16-50-57(49,51-17-2)32-42(48)55-41-31-37(54-40(26-28-47)45(41,11)33-52-58(12,13)43(5,6)7)24-20-18-19-23-34(3)29-38-35(4)39(56-59(14,15)44(8,9)10)30-36(53-38)25-21-22-27-46/h19-24,27,29,35-41,47H,16-18,25-26,28,30-33H2,1-15H3/b22-21+,23-19+,24-20+,34-29-/t35-,36-,37+,38+,39-,40-,41+,45-/m1/s1. The van der Waals surface area contributed by atoms with Gasteiger partial charge in [-0.15, -0.1) is 0 Å². The summed E-state index contributed by atoms with van der Waals surface area (Å²) in [4.78, 5) is 24.4. The molecule has 340 valence electrons. The normalized spacial score (nSPS) is 28.2. The molecule has 8 atom stereocenters. The summed E-state index contributed by atoms with van der Waals surface area (Å²) in [7, 11) is -7.94. The van der Waals surface area contributed by atoms with Crippen LogP contribution >= 0.6 is 7.60 Å². The van der Waals surface area contributed by atoms with Gasteiger partial charge < -0.3 is 37.2 Å². The molecule has 0 spiro atoms. The maximum Gasteiger partial charge on any atom is 0.341 e. The smallest absolute Gasteiger partial charge is 0.341 e. The quantitative estimate of drug-likeness (QED) is 0.0212. The molecule has 0 unspecified atom stereocenters. The highest BCUT2D eigenvalue weighted by molar-refractivity contribution is 7.54. The number of aliphatic hydroxyl groups is 1. The highest BCUT2D eigenvalue weighted by Gasteiger charge is 2.52. The van der Waals surface area contributed by atoms with Crippen molar-refractivity contribution in [3.63, 3.8) is 0 Å². The molecular formula is C45H81O11PSi2. The van der Waals surface area contributed by atoms with Gasteiger partial charge in [-0.1, -0.05) is 97.4 Å². The highest BCUT2D eigenvalue weighted by Crippen LogP contribution is 2.49. The first-order valence-electron chi connectivity index (χ1n) is 21.7. The lowest BCUT2D eigenvalue weighted by molar-refractivity contribution is -0.202. The summed E-state index contributed by atoms with van der Waals surface area (Å²) in [5.41, 5.74) is 0.279. The zero-order chi connectivity index (χ0) is 44.9. The highest BCUT2D eigenvalue weighted by atomic mass is 31.2. The number of esters is 1. The van der Waals surface area contributed by atoms with E-state index in [2.05, 4.69) is 99.8 Å². The third-order valence-corrected chi connectivity index (χ3v) is 23.6. The van der Waals surface area contributed by atoms with Gasteiger partial charge >= 0.3 is 13.6 Å². The summed E-state index contributed by atoms with van der Waals surface area (Å²) >= 11 is 0. The summed E-state index contributed by atoms with van der Waals surface area (Å²) in [6, 6.07) is 0. The van der Waals surface area contributed by atoms with Gasteiger partial charge in [-0.2, -0.15) is 0 Å². The number of ether oxygens (including phenoxy) is 3. The SMILES string of the molecule is CCOP(=O)(CC(=O)O[C@H]1C[C@H](/C=C/C/C=C/C(C)=C\[C@@H]2O[C@H](C/C=C/C=O)C[C@@H](O[Si](C)(C)C(C)(C)C)[C@@H]2C)O[C@H](CCO)[C@@]1(C)CO[Si](C)(C)C(C)(C)C)OCC. The topological polar surface area (TPSA) is 136 Å². The molecule has 11 nitrogen and oxygen atoms in total. The summed E-state index contributed by atoms with van der Waals surface area (Å²) in [5, 5.41) is 10.2. The van der Waals surface area contributed by atoms with Crippen LogP contribution in [0.1, 0.15) is 108 Å². The number of carbonyl (C=O) groups is 2. The van der Waals surface area contributed by atoms with Crippen molar-refractivity contribution in [3.05, 3.63) is 48.1 Å². The molecule has 0 aromatic rings. The molecule has 0 saturated carbocycles. The van der Waals surface area contributed by atoms with E-state index in [4.69, 9.17) is 32.1 Å². The van der Waals surface area contributed by atoms with Crippen molar-refractivity contribution in [2.75, 3.05) is 32.6 Å². The number of hydrogen-bond acceptors (Lipinski definition) is 11. The number of hydrogen-bond donors (Lipinski definition) is 1. The zero-order valence-corrected chi connectivity index (χ0v) is 42.1. The van der Waals surface area contributed by atoms with Crippen LogP contribution in [0.2, 0.25) is 36.3 Å². The first kappa shape index (κ1) is 53.6. The molecule has 59 heavy (non-hydrogen) atoms. The third-order valence-electron chi connectivity index (χ3n) is 12.7. The molecule has 2 aliphatic rings. The summed E-state index contributed by atoms with van der Waals surface area (Å²) in [6.45, 7) is 32.3. The van der Waals surface area contributed by atoms with E-state index in [0.717, 1.165) is 18.3 Å². The van der Waals surface area contributed by atoms with E-state index in [9.17, 15) is 19.3 Å². The van der Waals surface area contributed by atoms with Gasteiger partial charge in [0.25, 0.3) is 0 Å². The molecule has 0 bridgehead atoms. The molecule has 1 N–H and O–H groups in total. The minimum absolute atomic E-state index is 0.0489. The zero-order valence-electron chi connectivity index (χ0n) is 39.2. The Kier molecular flexibility index (Phi) is 21.1. The first-order valence-corrected chi connectivity index (χ1v) is 29.3. The van der Waals surface area contributed by atoms with Crippen LogP contribution in [0.4, 0.5) is 0 Å². The third kappa shape index (κ3) is 16.3. The van der Waals surface area contributed by atoms with Crippen molar-refractivity contribution in [1.82, 2.24) is 0 Å². The van der Waals surface area contributed by atoms with E-state index >= 15 is 0 Å². The van der Waals surface area contributed by atoms with Gasteiger partial charge in [0.15, 0.2) is 16.6 Å². The Morgan fingerprint density at radius 2 is 1.58 bits per heavy atom. The van der Waals surface area contributed by atoms with E-state index in [1.54, 1.807) is 13.8 Å². The van der Waals surface area contributed by atoms with Crippen molar-refractivity contribution >= 4 is 36.5 Å². The van der Waals surface area contributed by atoms with E-state index in [-0.39, 0.29) is 60.7 Å². The van der Waals surface area contributed by atoms with Crippen molar-refractivity contribution in [3.8, 4) is 0 Å². The minimum Gasteiger partial charge on any atom is -0.461 e. The maximum absolute atomic E-state index is 13.5. The lowest BCUT2D eigenvalue weighted by Crippen LogP contribution is -2.57. The average Bonchev–Trinajstić information content (AvgIpc) is 3.10. The van der Waals surface area contributed by atoms with E-state index in [1.165, 1.54) is 6.08 Å². The van der Waals surface area contributed by atoms with Gasteiger partial charge in [-0.3, -0.25) is 14.2 Å². The van der Waals surface area contributed by atoms with Gasteiger partial charge in [0.2, 0.25) is 0 Å². The largest absolute Gasteiger partial charge is 0.461 e. The molecule has 14 heteroatoms. The Morgan fingerprint density at radius 1 is 0.949 bits per heavy atom. The number of rotatable bonds is 22. The van der Waals surface area contributed by atoms with E-state index < -0.39 is 60.1 Å². The predicted molar refractivity (Wildman–Crippen MR) is 243 cm³/mol. The van der Waals surface area contributed by atoms with Gasteiger partial charge in [0.1, 0.15) is 18.6 Å². The summed E-state index contributed by atoms with van der Waals surface area (Å²) in [6.07, 6.45) is 15.2. The second-order valence-electron chi connectivity index (χ2n) is 19.6. The molecule has 0 aliphatic carbocycles. The summed E-state index contributed by atoms with van der Waals surface area (Å²) in [5.74, 6) is -0.520. The fraction of sp³-hybridized carbons (Fsp3) is 0.778. The molecule has 0 amide bonds. The molecule has 2 saturated heterocycles. The van der Waals surface area contributed by atoms with Crippen LogP contribution in [0.3, 0.4) is 0 Å². The Bertz CT molecular complexity index is 1480. The van der Waals surface area contributed by atoms with E-state index in [1.807, 2.05) is 25.2 Å². The first-order chi connectivity index (χ1) is 27.3. The van der Waals surface area contributed by atoms with Crippen LogP contribution in [0.25, 0.3) is 0 Å². The molecule has 0 aromatic heterocycles. The molecule has 2 fully saturated rings. The van der Waals surface area contributed by atoms with Crippen molar-refractivity contribution in [2.45, 2.75) is 181 Å². The minimum atomic E-state index is -3.69. The number of allylic oxidation sites excluding steroid dienone is 5. The number of aldehydes is 1. The van der Waals surface area contributed by atoms with Crippen LogP contribution < -0.4 is 0 Å². The Morgan fingerprint density at radius 3 is 2.14 bits per heavy atom. The Balaban J connectivity index is 2.31. The second kappa shape index (κ2) is 23.2. The van der Waals surface area contributed by atoms with Crippen molar-refractivity contribution < 1.29 is 51.4 Å². The van der Waals surface area contributed by atoms with Crippen LogP contribution in [-0.2, 0) is 46.3 Å². The van der Waals surface area contributed by atoms with Crippen molar-refractivity contribution in [1.29, 1.82) is 0 Å². The van der Waals surface area contributed by atoms with Crippen LogP contribution in [0.5, 0.6) is 0 Å². The number of aliphatic hydroxyl groups excluding tert-OH is 1. The molecule has 2 rings (SSSR count). The molecule has 0 aromatic carbocycles. The number of carbonyl (C=O) groups excluding carboxylic acids is 2. The predicted octanol–water partition coefficient (Wildman–Crippen LogP) is 10.5. The van der Waals surface area contributed by atoms with Crippen LogP contribution in [0, 0.1) is 11.3 Å². The van der Waals surface area contributed by atoms with Crippen LogP contribution in [0.15, 0.2) is 48.1 Å². The molecular weight excluding hydrogens is 804 g/mol. The lowest BCUT2D eigenvalue weighted by Gasteiger charge is -2.50. The molecule has 2 heterocycles. The van der Waals surface area contributed by atoms with Gasteiger partial charge in [-0.25, -0.2) is 0 Å². The van der Waals surface area contributed by atoms with Gasteiger partial charge in [-0.05, 0) is 88.8 Å². The Labute approximate surface area is 359 Å². The maximum atomic E-state index is 13.5. The molecule has 0 radical (unpaired) electrons. The Hall–Kier alpha value is -1.52. The fourth-order valence-corrected chi connectivity index (χ4v) is 10.8. The van der Waals surface area contributed by atoms with Gasteiger partial charge in [0, 0.05) is 25.6 Å². The summed E-state index contributed by atoms with van der Waals surface area (Å²) < 4.78 is 57.2. The van der Waals surface area contributed by atoms with Crippen molar-refractivity contribution in [2.24, 2.45) is 11.3 Å². The van der Waals surface area contributed by atoms with Gasteiger partial charge in [0.05, 0.1) is 49.1 Å². The van der Waals surface area contributed by atoms with Crippen LogP contribution in [-0.4, -0.2) is 103 Å². The second-order valence-corrected chi connectivity index (χ2v) is 31.2. The monoisotopic (exact) mass is 885 g/mol.